The largest absolute Gasteiger partial charge is 0.491 e. The fourth-order valence-electron chi connectivity index (χ4n) is 1.65. The first-order chi connectivity index (χ1) is 12.1. The van der Waals surface area contributed by atoms with Gasteiger partial charge in [-0.15, -0.1) is 0 Å². The quantitative estimate of drug-likeness (QED) is 0.336. The Kier molecular flexibility index (Phi) is 10.1. The highest BCUT2D eigenvalue weighted by molar-refractivity contribution is 7.80. The van der Waals surface area contributed by atoms with E-state index in [0.29, 0.717) is 37.7 Å². The summed E-state index contributed by atoms with van der Waals surface area (Å²) in [6.45, 7) is 3.63. The zero-order valence-electron chi connectivity index (χ0n) is 14.3. The maximum absolute atomic E-state index is 12.1. The molecule has 0 fully saturated rings. The first-order valence-electron chi connectivity index (χ1n) is 7.76. The van der Waals surface area contributed by atoms with Crippen LogP contribution in [0.5, 0.6) is 5.75 Å². The first-order valence-corrected chi connectivity index (χ1v) is 8.17. The van der Waals surface area contributed by atoms with E-state index in [1.807, 2.05) is 6.92 Å². The Hall–Kier alpha value is -2.23. The van der Waals surface area contributed by atoms with Crippen LogP contribution < -0.4 is 20.9 Å². The standard InChI is InChI=1S/C16H23N3O5S/c1-3-23-9-8-14(20)18-19-16(25)17-15(21)12-4-6-13(7-5-12)24-11-10-22-2/h4-7H,3,8-11H2,1-2H3,(H,18,20)(H2,17,19,21,25). The van der Waals surface area contributed by atoms with E-state index >= 15 is 0 Å². The highest BCUT2D eigenvalue weighted by Crippen LogP contribution is 2.12. The van der Waals surface area contributed by atoms with Crippen molar-refractivity contribution in [3.63, 3.8) is 0 Å². The number of rotatable bonds is 9. The average Bonchev–Trinajstić information content (AvgIpc) is 2.61. The van der Waals surface area contributed by atoms with Crippen molar-refractivity contribution in [3.8, 4) is 5.75 Å². The van der Waals surface area contributed by atoms with Gasteiger partial charge < -0.3 is 14.2 Å². The molecule has 25 heavy (non-hydrogen) atoms. The Morgan fingerprint density at radius 3 is 2.44 bits per heavy atom. The lowest BCUT2D eigenvalue weighted by Crippen LogP contribution is -2.48. The second-order valence-corrected chi connectivity index (χ2v) is 5.18. The molecule has 1 aromatic rings. The zero-order chi connectivity index (χ0) is 18.5. The molecule has 0 saturated carbocycles. The number of methoxy groups -OCH3 is 1. The fraction of sp³-hybridized carbons (Fsp3) is 0.438. The van der Waals surface area contributed by atoms with Crippen LogP contribution >= 0.6 is 12.2 Å². The molecule has 3 N–H and O–H groups in total. The molecule has 0 aliphatic rings. The van der Waals surface area contributed by atoms with Crippen LogP contribution in [0.15, 0.2) is 24.3 Å². The summed E-state index contributed by atoms with van der Waals surface area (Å²) >= 11 is 4.95. The molecule has 0 saturated heterocycles. The van der Waals surface area contributed by atoms with Crippen molar-refractivity contribution in [2.75, 3.05) is 33.5 Å². The smallest absolute Gasteiger partial charge is 0.257 e. The van der Waals surface area contributed by atoms with Crippen LogP contribution in [0, 0.1) is 0 Å². The van der Waals surface area contributed by atoms with Crippen LogP contribution in [-0.4, -0.2) is 50.5 Å². The predicted molar refractivity (Wildman–Crippen MR) is 96.3 cm³/mol. The molecule has 0 radical (unpaired) electrons. The van der Waals surface area contributed by atoms with Gasteiger partial charge in [-0.25, -0.2) is 0 Å². The number of carbonyl (C=O) groups excluding carboxylic acids is 2. The molecule has 0 atom stereocenters. The number of carbonyl (C=O) groups is 2. The van der Waals surface area contributed by atoms with Gasteiger partial charge in [0.1, 0.15) is 12.4 Å². The molecule has 0 aliphatic carbocycles. The van der Waals surface area contributed by atoms with Crippen LogP contribution in [-0.2, 0) is 14.3 Å². The molecule has 2 amide bonds. The second kappa shape index (κ2) is 12.2. The predicted octanol–water partition coefficient (Wildman–Crippen LogP) is 0.774. The van der Waals surface area contributed by atoms with Crippen LogP contribution in [0.3, 0.4) is 0 Å². The Morgan fingerprint density at radius 2 is 1.80 bits per heavy atom. The highest BCUT2D eigenvalue weighted by atomic mass is 32.1. The summed E-state index contributed by atoms with van der Waals surface area (Å²) in [6, 6.07) is 6.58. The number of hydrazine groups is 1. The van der Waals surface area contributed by atoms with Gasteiger partial charge in [0.25, 0.3) is 5.91 Å². The van der Waals surface area contributed by atoms with Crippen LogP contribution in [0.25, 0.3) is 0 Å². The third-order valence-corrected chi connectivity index (χ3v) is 3.10. The van der Waals surface area contributed by atoms with Gasteiger partial charge in [0.15, 0.2) is 5.11 Å². The van der Waals surface area contributed by atoms with Crippen molar-refractivity contribution < 1.29 is 23.8 Å². The topological polar surface area (TPSA) is 97.9 Å². The monoisotopic (exact) mass is 369 g/mol. The van der Waals surface area contributed by atoms with Crippen molar-refractivity contribution in [2.45, 2.75) is 13.3 Å². The van der Waals surface area contributed by atoms with E-state index in [1.165, 1.54) is 0 Å². The van der Waals surface area contributed by atoms with Gasteiger partial charge in [-0.05, 0) is 43.4 Å². The van der Waals surface area contributed by atoms with Gasteiger partial charge >= 0.3 is 0 Å². The molecular formula is C16H23N3O5S. The number of benzene rings is 1. The average molecular weight is 369 g/mol. The molecular weight excluding hydrogens is 346 g/mol. The molecule has 0 aromatic heterocycles. The van der Waals surface area contributed by atoms with Gasteiger partial charge in [0.2, 0.25) is 5.91 Å². The van der Waals surface area contributed by atoms with E-state index in [9.17, 15) is 9.59 Å². The maximum atomic E-state index is 12.1. The third-order valence-electron chi connectivity index (χ3n) is 2.89. The lowest BCUT2D eigenvalue weighted by atomic mass is 10.2. The number of thiocarbonyl (C=S) groups is 1. The van der Waals surface area contributed by atoms with Crippen molar-refractivity contribution in [3.05, 3.63) is 29.8 Å². The van der Waals surface area contributed by atoms with E-state index in [2.05, 4.69) is 16.2 Å². The summed E-state index contributed by atoms with van der Waals surface area (Å²) in [5, 5.41) is 2.46. The summed E-state index contributed by atoms with van der Waals surface area (Å²) in [6.07, 6.45) is 0.196. The van der Waals surface area contributed by atoms with Gasteiger partial charge in [0, 0.05) is 19.3 Å². The lowest BCUT2D eigenvalue weighted by Gasteiger charge is -2.11. The minimum Gasteiger partial charge on any atom is -0.491 e. The Bertz CT molecular complexity index is 565. The van der Waals surface area contributed by atoms with E-state index < -0.39 is 5.91 Å². The number of ether oxygens (including phenoxy) is 3. The number of hydrogen-bond donors (Lipinski definition) is 3. The summed E-state index contributed by atoms with van der Waals surface area (Å²) in [7, 11) is 1.59. The molecule has 0 spiro atoms. The Labute approximate surface area is 152 Å². The Morgan fingerprint density at radius 1 is 1.08 bits per heavy atom. The van der Waals surface area contributed by atoms with E-state index in [1.54, 1.807) is 31.4 Å². The highest BCUT2D eigenvalue weighted by Gasteiger charge is 2.09. The van der Waals surface area contributed by atoms with Crippen LogP contribution in [0.1, 0.15) is 23.7 Å². The summed E-state index contributed by atoms with van der Waals surface area (Å²) in [5.41, 5.74) is 5.25. The number of hydrogen-bond acceptors (Lipinski definition) is 6. The molecule has 9 heteroatoms. The molecule has 8 nitrogen and oxygen atoms in total. The van der Waals surface area contributed by atoms with E-state index in [4.69, 9.17) is 26.4 Å². The maximum Gasteiger partial charge on any atom is 0.257 e. The van der Waals surface area contributed by atoms with E-state index in [-0.39, 0.29) is 17.4 Å². The van der Waals surface area contributed by atoms with Gasteiger partial charge in [-0.3, -0.25) is 25.8 Å². The minimum atomic E-state index is -0.399. The molecule has 138 valence electrons. The summed E-state index contributed by atoms with van der Waals surface area (Å²) < 4.78 is 15.4. The molecule has 1 rings (SSSR count). The molecule has 0 bridgehead atoms. The number of nitrogens with one attached hydrogen (secondary N) is 3. The van der Waals surface area contributed by atoms with Crippen molar-refractivity contribution in [2.24, 2.45) is 0 Å². The van der Waals surface area contributed by atoms with Crippen molar-refractivity contribution in [1.29, 1.82) is 0 Å². The van der Waals surface area contributed by atoms with Gasteiger partial charge in [-0.2, -0.15) is 0 Å². The Balaban J connectivity index is 2.34. The van der Waals surface area contributed by atoms with E-state index in [0.717, 1.165) is 0 Å². The normalized spacial score (nSPS) is 10.0. The molecule has 0 heterocycles. The molecule has 1 aromatic carbocycles. The molecule has 0 unspecified atom stereocenters. The SMILES string of the molecule is CCOCCC(=O)NNC(=S)NC(=O)c1ccc(OCCOC)cc1. The van der Waals surface area contributed by atoms with Gasteiger partial charge in [-0.1, -0.05) is 0 Å². The van der Waals surface area contributed by atoms with Crippen molar-refractivity contribution in [1.82, 2.24) is 16.2 Å². The zero-order valence-corrected chi connectivity index (χ0v) is 15.1. The second-order valence-electron chi connectivity index (χ2n) is 4.77. The summed E-state index contributed by atoms with van der Waals surface area (Å²) in [4.78, 5) is 23.5. The lowest BCUT2D eigenvalue weighted by molar-refractivity contribution is -0.122. The number of amides is 2. The van der Waals surface area contributed by atoms with Crippen LogP contribution in [0.2, 0.25) is 0 Å². The minimum absolute atomic E-state index is 0.00446. The fourth-order valence-corrected chi connectivity index (χ4v) is 1.79. The van der Waals surface area contributed by atoms with Crippen molar-refractivity contribution >= 4 is 29.1 Å². The first kappa shape index (κ1) is 20.8. The summed E-state index contributed by atoms with van der Waals surface area (Å²) in [5.74, 6) is -0.0528. The third kappa shape index (κ3) is 8.99. The van der Waals surface area contributed by atoms with Crippen LogP contribution in [0.4, 0.5) is 0 Å². The van der Waals surface area contributed by atoms with Gasteiger partial charge in [0.05, 0.1) is 19.6 Å². The molecule has 0 aliphatic heterocycles.